The van der Waals surface area contributed by atoms with Crippen LogP contribution in [0.1, 0.15) is 24.5 Å². The van der Waals surface area contributed by atoms with Crippen molar-refractivity contribution in [2.24, 2.45) is 5.92 Å². The number of hydrogen-bond donors (Lipinski definition) is 1. The van der Waals surface area contributed by atoms with Crippen molar-refractivity contribution >= 4 is 29.1 Å². The van der Waals surface area contributed by atoms with E-state index < -0.39 is 5.92 Å². The van der Waals surface area contributed by atoms with Crippen LogP contribution in [0.3, 0.4) is 0 Å². The first kappa shape index (κ1) is 22.3. The van der Waals surface area contributed by atoms with Crippen LogP contribution in [-0.2, 0) is 14.4 Å². The molecule has 1 fully saturated rings. The third-order valence-electron chi connectivity index (χ3n) is 5.57. The lowest BCUT2D eigenvalue weighted by atomic mass is 10.1. The van der Waals surface area contributed by atoms with E-state index in [-0.39, 0.29) is 37.2 Å². The van der Waals surface area contributed by atoms with E-state index in [9.17, 15) is 14.4 Å². The van der Waals surface area contributed by atoms with E-state index in [1.165, 1.54) is 4.90 Å². The van der Waals surface area contributed by atoms with Crippen molar-refractivity contribution in [1.29, 1.82) is 0 Å². The van der Waals surface area contributed by atoms with Gasteiger partial charge in [0.05, 0.1) is 24.8 Å². The van der Waals surface area contributed by atoms with E-state index in [4.69, 9.17) is 4.74 Å². The van der Waals surface area contributed by atoms with E-state index in [0.717, 1.165) is 16.8 Å². The number of benzene rings is 2. The topological polar surface area (TPSA) is 79.0 Å². The van der Waals surface area contributed by atoms with Crippen LogP contribution in [-0.4, -0.2) is 49.4 Å². The summed E-state index contributed by atoms with van der Waals surface area (Å²) in [5.74, 6) is -0.500. The zero-order valence-electron chi connectivity index (χ0n) is 18.5. The summed E-state index contributed by atoms with van der Waals surface area (Å²) in [6, 6.07) is 13.0. The molecule has 0 bridgehead atoms. The number of anilines is 2. The Hall–Kier alpha value is -3.35. The van der Waals surface area contributed by atoms with Gasteiger partial charge in [0.25, 0.3) is 0 Å². The first-order valence-corrected chi connectivity index (χ1v) is 10.4. The minimum atomic E-state index is -0.499. The molecule has 7 heteroatoms. The molecule has 2 aromatic rings. The van der Waals surface area contributed by atoms with E-state index in [1.807, 2.05) is 63.2 Å². The molecule has 7 nitrogen and oxygen atoms in total. The smallest absolute Gasteiger partial charge is 0.243 e. The monoisotopic (exact) mass is 423 g/mol. The SMILES string of the molecule is CCOc1ccccc1N1CC(C(=O)N(C)CC(=O)Nc2cccc(C)c2C)CC1=O. The molecule has 1 aliphatic heterocycles. The summed E-state index contributed by atoms with van der Waals surface area (Å²) in [5, 5.41) is 2.87. The normalized spacial score (nSPS) is 15.7. The van der Waals surface area contributed by atoms with Gasteiger partial charge in [-0.1, -0.05) is 24.3 Å². The molecular formula is C24H29N3O4. The fourth-order valence-electron chi connectivity index (χ4n) is 3.74. The van der Waals surface area contributed by atoms with Gasteiger partial charge in [-0.15, -0.1) is 0 Å². The van der Waals surface area contributed by atoms with Crippen molar-refractivity contribution < 1.29 is 19.1 Å². The van der Waals surface area contributed by atoms with Crippen LogP contribution in [0, 0.1) is 19.8 Å². The number of aryl methyl sites for hydroxylation is 1. The first-order chi connectivity index (χ1) is 14.8. The third-order valence-corrected chi connectivity index (χ3v) is 5.57. The average molecular weight is 424 g/mol. The molecule has 3 amide bonds. The number of ether oxygens (including phenoxy) is 1. The molecule has 1 unspecified atom stereocenters. The third kappa shape index (κ3) is 5.05. The fourth-order valence-corrected chi connectivity index (χ4v) is 3.74. The summed E-state index contributed by atoms with van der Waals surface area (Å²) >= 11 is 0. The standard InChI is InChI=1S/C24H29N3O4/c1-5-31-21-12-7-6-11-20(21)27-14-18(13-23(27)29)24(30)26(4)15-22(28)25-19-10-8-9-16(2)17(19)3/h6-12,18H,5,13-15H2,1-4H3,(H,25,28). The number of carbonyl (C=O) groups excluding carboxylic acids is 3. The molecule has 0 aromatic heterocycles. The number of nitrogens with zero attached hydrogens (tertiary/aromatic N) is 2. The zero-order valence-corrected chi connectivity index (χ0v) is 18.5. The summed E-state index contributed by atoms with van der Waals surface area (Å²) in [7, 11) is 1.59. The number of rotatable bonds is 7. The van der Waals surface area contributed by atoms with Gasteiger partial charge >= 0.3 is 0 Å². The van der Waals surface area contributed by atoms with Gasteiger partial charge in [0.2, 0.25) is 17.7 Å². The molecule has 2 aromatic carbocycles. The molecular weight excluding hydrogens is 394 g/mol. The van der Waals surface area contributed by atoms with Gasteiger partial charge in [-0.05, 0) is 50.1 Å². The Balaban J connectivity index is 1.63. The van der Waals surface area contributed by atoms with Gasteiger partial charge in [-0.25, -0.2) is 0 Å². The molecule has 31 heavy (non-hydrogen) atoms. The number of hydrogen-bond acceptors (Lipinski definition) is 4. The molecule has 1 N–H and O–H groups in total. The van der Waals surface area contributed by atoms with E-state index in [1.54, 1.807) is 11.9 Å². The highest BCUT2D eigenvalue weighted by Gasteiger charge is 2.37. The lowest BCUT2D eigenvalue weighted by Crippen LogP contribution is -2.39. The fraction of sp³-hybridized carbons (Fsp3) is 0.375. The Morgan fingerprint density at radius 1 is 1.16 bits per heavy atom. The Labute approximate surface area is 183 Å². The van der Waals surface area contributed by atoms with Crippen LogP contribution in [0.4, 0.5) is 11.4 Å². The van der Waals surface area contributed by atoms with Crippen LogP contribution >= 0.6 is 0 Å². The molecule has 0 radical (unpaired) electrons. The van der Waals surface area contributed by atoms with Crippen LogP contribution < -0.4 is 15.0 Å². The second-order valence-electron chi connectivity index (χ2n) is 7.80. The number of amides is 3. The lowest BCUT2D eigenvalue weighted by Gasteiger charge is -2.22. The van der Waals surface area contributed by atoms with E-state index in [0.29, 0.717) is 18.0 Å². The van der Waals surface area contributed by atoms with Crippen molar-refractivity contribution in [2.75, 3.05) is 37.0 Å². The van der Waals surface area contributed by atoms with Crippen LogP contribution in [0.25, 0.3) is 0 Å². The van der Waals surface area contributed by atoms with Crippen LogP contribution in [0.2, 0.25) is 0 Å². The highest BCUT2D eigenvalue weighted by atomic mass is 16.5. The number of para-hydroxylation sites is 2. The number of carbonyl (C=O) groups is 3. The highest BCUT2D eigenvalue weighted by molar-refractivity contribution is 6.02. The van der Waals surface area contributed by atoms with Crippen LogP contribution in [0.5, 0.6) is 5.75 Å². The van der Waals surface area contributed by atoms with Gasteiger partial charge in [0.15, 0.2) is 0 Å². The Morgan fingerprint density at radius 3 is 2.65 bits per heavy atom. The predicted molar refractivity (Wildman–Crippen MR) is 120 cm³/mol. The van der Waals surface area contributed by atoms with Crippen molar-refractivity contribution in [1.82, 2.24) is 4.90 Å². The van der Waals surface area contributed by atoms with Crippen LogP contribution in [0.15, 0.2) is 42.5 Å². The van der Waals surface area contributed by atoms with E-state index in [2.05, 4.69) is 5.32 Å². The van der Waals surface area contributed by atoms with E-state index >= 15 is 0 Å². The molecule has 0 saturated carbocycles. The molecule has 0 spiro atoms. The van der Waals surface area contributed by atoms with Gasteiger partial charge < -0.3 is 19.9 Å². The quantitative estimate of drug-likeness (QED) is 0.742. The number of nitrogens with one attached hydrogen (secondary N) is 1. The van der Waals surface area contributed by atoms with Crippen molar-refractivity contribution in [3.8, 4) is 5.75 Å². The van der Waals surface area contributed by atoms with Gasteiger partial charge in [-0.3, -0.25) is 14.4 Å². The van der Waals surface area contributed by atoms with Gasteiger partial charge in [-0.2, -0.15) is 0 Å². The Morgan fingerprint density at radius 2 is 1.90 bits per heavy atom. The van der Waals surface area contributed by atoms with Crippen molar-refractivity contribution in [3.05, 3.63) is 53.6 Å². The van der Waals surface area contributed by atoms with Crippen molar-refractivity contribution in [3.63, 3.8) is 0 Å². The second-order valence-corrected chi connectivity index (χ2v) is 7.80. The minimum Gasteiger partial charge on any atom is -0.492 e. The summed E-state index contributed by atoms with van der Waals surface area (Å²) in [5.41, 5.74) is 3.48. The summed E-state index contributed by atoms with van der Waals surface area (Å²) in [6.45, 7) is 6.48. The molecule has 1 atom stereocenters. The Bertz CT molecular complexity index is 989. The maximum Gasteiger partial charge on any atom is 0.243 e. The second kappa shape index (κ2) is 9.64. The zero-order chi connectivity index (χ0) is 22.5. The minimum absolute atomic E-state index is 0.0769. The molecule has 1 aliphatic rings. The number of likely N-dealkylation sites (N-methyl/N-ethyl adjacent to an activating group) is 1. The molecule has 1 heterocycles. The first-order valence-electron chi connectivity index (χ1n) is 10.4. The molecule has 3 rings (SSSR count). The maximum atomic E-state index is 12.9. The highest BCUT2D eigenvalue weighted by Crippen LogP contribution is 2.33. The van der Waals surface area contributed by atoms with Crippen molar-refractivity contribution in [2.45, 2.75) is 27.2 Å². The average Bonchev–Trinajstić information content (AvgIpc) is 3.13. The largest absolute Gasteiger partial charge is 0.492 e. The maximum absolute atomic E-state index is 12.9. The molecule has 1 saturated heterocycles. The predicted octanol–water partition coefficient (Wildman–Crippen LogP) is 3.15. The lowest BCUT2D eigenvalue weighted by molar-refractivity contribution is -0.137. The summed E-state index contributed by atoms with van der Waals surface area (Å²) < 4.78 is 5.63. The summed E-state index contributed by atoms with van der Waals surface area (Å²) in [6.07, 6.45) is 0.113. The molecule has 0 aliphatic carbocycles. The van der Waals surface area contributed by atoms with Gasteiger partial charge in [0, 0.05) is 25.7 Å². The van der Waals surface area contributed by atoms with Gasteiger partial charge in [0.1, 0.15) is 5.75 Å². The molecule has 164 valence electrons. The Kier molecular flexibility index (Phi) is 6.95. The summed E-state index contributed by atoms with van der Waals surface area (Å²) in [4.78, 5) is 41.0.